The van der Waals surface area contributed by atoms with Crippen LogP contribution in [0, 0.1) is 6.92 Å². The second-order valence-electron chi connectivity index (χ2n) is 4.27. The zero-order valence-electron chi connectivity index (χ0n) is 10.5. The summed E-state index contributed by atoms with van der Waals surface area (Å²) in [4.78, 5) is 0. The lowest BCUT2D eigenvalue weighted by Gasteiger charge is -2.01. The number of anilines is 1. The Morgan fingerprint density at radius 1 is 1.00 bits per heavy atom. The third kappa shape index (κ3) is 2.18. The summed E-state index contributed by atoms with van der Waals surface area (Å²) >= 11 is 0. The van der Waals surface area contributed by atoms with Crippen molar-refractivity contribution in [1.29, 1.82) is 0 Å². The fourth-order valence-corrected chi connectivity index (χ4v) is 1.83. The number of hydrogen-bond acceptors (Lipinski definition) is 4. The molecule has 0 spiro atoms. The summed E-state index contributed by atoms with van der Waals surface area (Å²) in [6.07, 6.45) is 0. The van der Waals surface area contributed by atoms with Crippen molar-refractivity contribution >= 4 is 5.82 Å². The zero-order chi connectivity index (χ0) is 13.2. The van der Waals surface area contributed by atoms with E-state index < -0.39 is 0 Å². The molecule has 94 valence electrons. The monoisotopic (exact) mass is 251 g/mol. The van der Waals surface area contributed by atoms with Gasteiger partial charge in [-0.15, -0.1) is 5.10 Å². The first-order chi connectivity index (χ1) is 9.24. The van der Waals surface area contributed by atoms with Gasteiger partial charge in [-0.25, -0.2) is 0 Å². The highest BCUT2D eigenvalue weighted by molar-refractivity contribution is 5.63. The Balaban J connectivity index is 2.05. The minimum Gasteiger partial charge on any atom is -0.384 e. The van der Waals surface area contributed by atoms with Gasteiger partial charge in [0.15, 0.2) is 5.82 Å². The number of nitrogens with two attached hydrogens (primary N) is 1. The van der Waals surface area contributed by atoms with Gasteiger partial charge in [0.1, 0.15) is 5.82 Å². The molecule has 0 saturated carbocycles. The molecule has 1 aromatic carbocycles. The Morgan fingerprint density at radius 2 is 1.79 bits per heavy atom. The Bertz CT molecular complexity index is 686. The highest BCUT2D eigenvalue weighted by Gasteiger charge is 2.09. The number of nitrogens with zero attached hydrogens (tertiary/aromatic N) is 4. The number of benzene rings is 1. The molecule has 0 amide bonds. The Labute approximate surface area is 110 Å². The number of hydrogen-bond donors (Lipinski definition) is 1. The van der Waals surface area contributed by atoms with E-state index >= 15 is 0 Å². The molecule has 2 N–H and O–H groups in total. The summed E-state index contributed by atoms with van der Waals surface area (Å²) in [6.45, 7) is 1.89. The molecule has 2 aromatic heterocycles. The smallest absolute Gasteiger partial charge is 0.178 e. The molecule has 19 heavy (non-hydrogen) atoms. The zero-order valence-corrected chi connectivity index (χ0v) is 10.5. The van der Waals surface area contributed by atoms with E-state index in [-0.39, 0.29) is 0 Å². The molecule has 0 aliphatic carbocycles. The average Bonchev–Trinajstić information content (AvgIpc) is 2.83. The van der Waals surface area contributed by atoms with Crippen molar-refractivity contribution in [3.63, 3.8) is 0 Å². The van der Waals surface area contributed by atoms with Crippen LogP contribution in [0.3, 0.4) is 0 Å². The largest absolute Gasteiger partial charge is 0.384 e. The average molecular weight is 251 g/mol. The van der Waals surface area contributed by atoms with Crippen LogP contribution in [0.2, 0.25) is 0 Å². The number of aromatic nitrogens is 4. The van der Waals surface area contributed by atoms with Crippen molar-refractivity contribution in [2.75, 3.05) is 5.73 Å². The molecule has 2 heterocycles. The van der Waals surface area contributed by atoms with Crippen molar-refractivity contribution in [2.24, 2.45) is 0 Å². The van der Waals surface area contributed by atoms with Crippen molar-refractivity contribution in [3.05, 3.63) is 54.2 Å². The lowest BCUT2D eigenvalue weighted by molar-refractivity contribution is 0.816. The first-order valence-electron chi connectivity index (χ1n) is 5.96. The van der Waals surface area contributed by atoms with Crippen LogP contribution in [0.25, 0.3) is 17.1 Å². The van der Waals surface area contributed by atoms with E-state index in [1.807, 2.05) is 55.5 Å². The maximum atomic E-state index is 5.98. The molecule has 0 radical (unpaired) electrons. The summed E-state index contributed by atoms with van der Waals surface area (Å²) in [6, 6.07) is 15.4. The quantitative estimate of drug-likeness (QED) is 0.758. The topological polar surface area (TPSA) is 69.6 Å². The Morgan fingerprint density at radius 3 is 2.47 bits per heavy atom. The third-order valence-electron chi connectivity index (χ3n) is 2.81. The second-order valence-corrected chi connectivity index (χ2v) is 4.27. The highest BCUT2D eigenvalue weighted by atomic mass is 15.4. The normalized spacial score (nSPS) is 10.6. The second kappa shape index (κ2) is 4.53. The van der Waals surface area contributed by atoms with Gasteiger partial charge in [0.05, 0.1) is 11.4 Å². The van der Waals surface area contributed by atoms with Crippen LogP contribution < -0.4 is 5.73 Å². The molecule has 0 aliphatic heterocycles. The van der Waals surface area contributed by atoms with Crippen LogP contribution in [-0.2, 0) is 0 Å². The predicted octanol–water partition coefficient (Wildman–Crippen LogP) is 2.22. The van der Waals surface area contributed by atoms with Gasteiger partial charge in [0.25, 0.3) is 0 Å². The Hall–Kier alpha value is -2.69. The van der Waals surface area contributed by atoms with Crippen molar-refractivity contribution in [2.45, 2.75) is 6.92 Å². The first kappa shape index (κ1) is 11.4. The van der Waals surface area contributed by atoms with E-state index in [4.69, 9.17) is 5.73 Å². The van der Waals surface area contributed by atoms with Crippen molar-refractivity contribution in [1.82, 2.24) is 20.0 Å². The molecule has 0 saturated heterocycles. The van der Waals surface area contributed by atoms with Crippen LogP contribution in [0.15, 0.2) is 48.5 Å². The molecule has 3 aromatic rings. The number of aryl methyl sites for hydroxylation is 1. The standard InChI is InChI=1S/C14H13N5/c1-10-7-8-14(17-16-10)19-13(15)9-12(18-19)11-5-3-2-4-6-11/h2-9H,15H2,1H3. The van der Waals surface area contributed by atoms with Gasteiger partial charge in [0.2, 0.25) is 0 Å². The summed E-state index contributed by atoms with van der Waals surface area (Å²) in [5, 5.41) is 12.6. The Kier molecular flexibility index (Phi) is 2.72. The van der Waals surface area contributed by atoms with Gasteiger partial charge in [-0.05, 0) is 19.1 Å². The molecule has 0 unspecified atom stereocenters. The van der Waals surface area contributed by atoms with Gasteiger partial charge in [-0.3, -0.25) is 0 Å². The minimum absolute atomic E-state index is 0.539. The van der Waals surface area contributed by atoms with Gasteiger partial charge in [0, 0.05) is 11.6 Å². The maximum absolute atomic E-state index is 5.98. The molecule has 5 heteroatoms. The summed E-state index contributed by atoms with van der Waals surface area (Å²) in [5.74, 6) is 1.15. The molecule has 5 nitrogen and oxygen atoms in total. The van der Waals surface area contributed by atoms with Crippen molar-refractivity contribution < 1.29 is 0 Å². The fourth-order valence-electron chi connectivity index (χ4n) is 1.83. The summed E-state index contributed by atoms with van der Waals surface area (Å²) < 4.78 is 1.59. The van der Waals surface area contributed by atoms with Gasteiger partial charge in [-0.2, -0.15) is 14.9 Å². The maximum Gasteiger partial charge on any atom is 0.178 e. The van der Waals surface area contributed by atoms with Crippen molar-refractivity contribution in [3.8, 4) is 17.1 Å². The highest BCUT2D eigenvalue weighted by Crippen LogP contribution is 2.21. The van der Waals surface area contributed by atoms with E-state index in [9.17, 15) is 0 Å². The first-order valence-corrected chi connectivity index (χ1v) is 5.96. The number of nitrogen functional groups attached to an aromatic ring is 1. The van der Waals surface area contributed by atoms with E-state index in [1.54, 1.807) is 4.68 Å². The SMILES string of the molecule is Cc1ccc(-n2nc(-c3ccccc3)cc2N)nn1. The fraction of sp³-hybridized carbons (Fsp3) is 0.0714. The van der Waals surface area contributed by atoms with E-state index in [2.05, 4.69) is 15.3 Å². The van der Waals surface area contributed by atoms with E-state index in [0.717, 1.165) is 17.0 Å². The van der Waals surface area contributed by atoms with E-state index in [1.165, 1.54) is 0 Å². The predicted molar refractivity (Wildman–Crippen MR) is 73.7 cm³/mol. The van der Waals surface area contributed by atoms with Crippen LogP contribution >= 0.6 is 0 Å². The van der Waals surface area contributed by atoms with Crippen LogP contribution in [0.5, 0.6) is 0 Å². The minimum atomic E-state index is 0.539. The number of rotatable bonds is 2. The molecular weight excluding hydrogens is 238 g/mol. The van der Waals surface area contributed by atoms with Gasteiger partial charge >= 0.3 is 0 Å². The molecular formula is C14H13N5. The summed E-state index contributed by atoms with van der Waals surface area (Å²) in [7, 11) is 0. The van der Waals surface area contributed by atoms with Gasteiger partial charge in [-0.1, -0.05) is 30.3 Å². The van der Waals surface area contributed by atoms with Crippen LogP contribution in [0.1, 0.15) is 5.69 Å². The molecule has 0 bridgehead atoms. The van der Waals surface area contributed by atoms with Gasteiger partial charge < -0.3 is 5.73 Å². The molecule has 0 fully saturated rings. The third-order valence-corrected chi connectivity index (χ3v) is 2.81. The molecule has 0 atom stereocenters. The lowest BCUT2D eigenvalue weighted by Crippen LogP contribution is -2.05. The van der Waals surface area contributed by atoms with Crippen LogP contribution in [0.4, 0.5) is 5.82 Å². The summed E-state index contributed by atoms with van der Waals surface area (Å²) in [5.41, 5.74) is 8.68. The van der Waals surface area contributed by atoms with Crippen LogP contribution in [-0.4, -0.2) is 20.0 Å². The molecule has 0 aliphatic rings. The lowest BCUT2D eigenvalue weighted by atomic mass is 10.2. The van der Waals surface area contributed by atoms with E-state index in [0.29, 0.717) is 11.6 Å². The molecule has 3 rings (SSSR count).